The van der Waals surface area contributed by atoms with Gasteiger partial charge >= 0.3 is 5.97 Å². The van der Waals surface area contributed by atoms with Crippen LogP contribution in [-0.4, -0.2) is 48.2 Å². The number of primary amides is 1. The summed E-state index contributed by atoms with van der Waals surface area (Å²) in [5.74, 6) is -0.541. The number of hydrogen-bond acceptors (Lipinski definition) is 5. The van der Waals surface area contributed by atoms with Crippen molar-refractivity contribution in [1.82, 2.24) is 10.6 Å². The molecule has 3 fully saturated rings. The maximum atomic E-state index is 11.7. The van der Waals surface area contributed by atoms with E-state index in [1.807, 2.05) is 6.92 Å². The Morgan fingerprint density at radius 2 is 1.69 bits per heavy atom. The summed E-state index contributed by atoms with van der Waals surface area (Å²) >= 11 is 0. The van der Waals surface area contributed by atoms with Crippen LogP contribution < -0.4 is 21.3 Å². The summed E-state index contributed by atoms with van der Waals surface area (Å²) in [4.78, 5) is 25.0. The Morgan fingerprint density at radius 1 is 1.08 bits per heavy atom. The van der Waals surface area contributed by atoms with E-state index in [2.05, 4.69) is 46.7 Å². The van der Waals surface area contributed by atoms with Crippen molar-refractivity contribution in [1.29, 1.82) is 0 Å². The van der Waals surface area contributed by atoms with Gasteiger partial charge in [0.1, 0.15) is 6.04 Å². The number of piperidine rings is 1. The number of benzene rings is 1. The number of nitrogens with two attached hydrogens (primary N) is 1. The molecule has 0 radical (unpaired) electrons. The highest BCUT2D eigenvalue weighted by atomic mass is 16.4. The van der Waals surface area contributed by atoms with Gasteiger partial charge in [-0.1, -0.05) is 12.1 Å². The van der Waals surface area contributed by atoms with Gasteiger partial charge in [-0.15, -0.1) is 0 Å². The minimum Gasteiger partial charge on any atom is -0.481 e. The minimum absolute atomic E-state index is 0.00321. The molecule has 1 aromatic rings. The molecule has 0 spiro atoms. The fourth-order valence-electron chi connectivity index (χ4n) is 4.80. The molecule has 2 heterocycles. The molecule has 140 valence electrons. The maximum absolute atomic E-state index is 11.7. The van der Waals surface area contributed by atoms with E-state index in [1.165, 1.54) is 0 Å². The fraction of sp³-hybridized carbons (Fsp3) is 0.579. The van der Waals surface area contributed by atoms with Crippen LogP contribution in [0.1, 0.15) is 25.5 Å². The average Bonchev–Trinajstić information content (AvgIpc) is 3.10. The SMILES string of the molecule is CC1NC(C)C(c2ccc(N3CC4C(C3)C4C(=O)O)cc2)NC1C(N)=O. The number of fused-ring (bicyclic) bond motifs is 1. The van der Waals surface area contributed by atoms with Gasteiger partial charge in [-0.3, -0.25) is 14.9 Å². The van der Waals surface area contributed by atoms with E-state index in [0.29, 0.717) is 11.8 Å². The first-order valence-corrected chi connectivity index (χ1v) is 9.26. The summed E-state index contributed by atoms with van der Waals surface area (Å²) in [6.07, 6.45) is 0. The second-order valence-electron chi connectivity index (χ2n) is 7.96. The number of piperazine rings is 1. The van der Waals surface area contributed by atoms with Crippen LogP contribution >= 0.6 is 0 Å². The first-order valence-electron chi connectivity index (χ1n) is 9.26. The number of anilines is 1. The predicted molar refractivity (Wildman–Crippen MR) is 97.7 cm³/mol. The Labute approximate surface area is 152 Å². The summed E-state index contributed by atoms with van der Waals surface area (Å²) in [5, 5.41) is 15.9. The van der Waals surface area contributed by atoms with Crippen LogP contribution in [0.25, 0.3) is 0 Å². The molecule has 0 aromatic heterocycles. The Bertz CT molecular complexity index is 710. The zero-order valence-corrected chi connectivity index (χ0v) is 15.1. The highest BCUT2D eigenvalue weighted by Crippen LogP contribution is 2.52. The van der Waals surface area contributed by atoms with E-state index in [9.17, 15) is 9.59 Å². The highest BCUT2D eigenvalue weighted by Gasteiger charge is 2.59. The summed E-state index contributed by atoms with van der Waals surface area (Å²) in [7, 11) is 0. The number of amides is 1. The molecule has 6 atom stereocenters. The van der Waals surface area contributed by atoms with E-state index >= 15 is 0 Å². The number of rotatable bonds is 4. The van der Waals surface area contributed by atoms with Crippen molar-refractivity contribution >= 4 is 17.6 Å². The lowest BCUT2D eigenvalue weighted by Gasteiger charge is -2.40. The first kappa shape index (κ1) is 17.3. The molecule has 5 N–H and O–H groups in total. The quantitative estimate of drug-likeness (QED) is 0.617. The number of nitrogens with one attached hydrogen (secondary N) is 2. The molecule has 2 saturated heterocycles. The monoisotopic (exact) mass is 358 g/mol. The number of aliphatic carboxylic acids is 1. The van der Waals surface area contributed by atoms with Crippen molar-refractivity contribution in [3.05, 3.63) is 29.8 Å². The predicted octanol–water partition coefficient (Wildman–Crippen LogP) is 0.318. The van der Waals surface area contributed by atoms with E-state index in [-0.39, 0.29) is 30.0 Å². The van der Waals surface area contributed by atoms with E-state index in [0.717, 1.165) is 24.3 Å². The van der Waals surface area contributed by atoms with Gasteiger partial charge in [0.15, 0.2) is 0 Å². The summed E-state index contributed by atoms with van der Waals surface area (Å²) < 4.78 is 0. The van der Waals surface area contributed by atoms with E-state index < -0.39 is 12.0 Å². The Hall–Kier alpha value is -2.12. The van der Waals surface area contributed by atoms with Crippen LogP contribution in [0.5, 0.6) is 0 Å². The fourth-order valence-corrected chi connectivity index (χ4v) is 4.80. The number of hydrogen-bond donors (Lipinski definition) is 4. The molecule has 3 aliphatic rings. The van der Waals surface area contributed by atoms with Gasteiger partial charge in [-0.05, 0) is 43.4 Å². The van der Waals surface area contributed by atoms with Gasteiger partial charge in [0.2, 0.25) is 5.91 Å². The molecule has 1 amide bonds. The summed E-state index contributed by atoms with van der Waals surface area (Å²) in [6, 6.07) is 8.13. The molecule has 26 heavy (non-hydrogen) atoms. The number of carbonyl (C=O) groups excluding carboxylic acids is 1. The second-order valence-corrected chi connectivity index (χ2v) is 7.96. The Kier molecular flexibility index (Phi) is 4.16. The van der Waals surface area contributed by atoms with Crippen molar-refractivity contribution in [2.24, 2.45) is 23.5 Å². The second kappa shape index (κ2) is 6.25. The van der Waals surface area contributed by atoms with Gasteiger partial charge < -0.3 is 21.1 Å². The smallest absolute Gasteiger partial charge is 0.307 e. The van der Waals surface area contributed by atoms with E-state index in [1.54, 1.807) is 0 Å². The third-order valence-corrected chi connectivity index (χ3v) is 6.29. The van der Waals surface area contributed by atoms with Crippen molar-refractivity contribution < 1.29 is 14.7 Å². The van der Waals surface area contributed by atoms with Crippen molar-refractivity contribution in [2.75, 3.05) is 18.0 Å². The van der Waals surface area contributed by atoms with Gasteiger partial charge in [-0.25, -0.2) is 0 Å². The molecule has 6 unspecified atom stereocenters. The third kappa shape index (κ3) is 2.85. The van der Waals surface area contributed by atoms with Crippen molar-refractivity contribution in [2.45, 2.75) is 38.0 Å². The lowest BCUT2D eigenvalue weighted by atomic mass is 9.92. The van der Waals surface area contributed by atoms with Crippen LogP contribution in [-0.2, 0) is 9.59 Å². The van der Waals surface area contributed by atoms with Crippen molar-refractivity contribution in [3.63, 3.8) is 0 Å². The highest BCUT2D eigenvalue weighted by molar-refractivity contribution is 5.81. The molecular formula is C19H26N4O3. The van der Waals surface area contributed by atoms with Gasteiger partial charge in [0.25, 0.3) is 0 Å². The molecule has 1 aromatic carbocycles. The first-order chi connectivity index (χ1) is 12.4. The number of carboxylic acids is 1. The average molecular weight is 358 g/mol. The topological polar surface area (TPSA) is 108 Å². The molecule has 2 aliphatic heterocycles. The third-order valence-electron chi connectivity index (χ3n) is 6.29. The van der Waals surface area contributed by atoms with Gasteiger partial charge in [0.05, 0.1) is 5.92 Å². The molecule has 1 aliphatic carbocycles. The summed E-state index contributed by atoms with van der Waals surface area (Å²) in [6.45, 7) is 5.70. The molecule has 7 nitrogen and oxygen atoms in total. The van der Waals surface area contributed by atoms with Gasteiger partial charge in [0, 0.05) is 36.9 Å². The summed E-state index contributed by atoms with van der Waals surface area (Å²) in [5.41, 5.74) is 7.75. The van der Waals surface area contributed by atoms with Crippen LogP contribution in [0.4, 0.5) is 5.69 Å². The zero-order chi connectivity index (χ0) is 18.6. The van der Waals surface area contributed by atoms with Crippen LogP contribution in [0.3, 0.4) is 0 Å². The lowest BCUT2D eigenvalue weighted by Crippen LogP contribution is -2.64. The molecule has 1 saturated carbocycles. The van der Waals surface area contributed by atoms with E-state index in [4.69, 9.17) is 10.8 Å². The molecule has 7 heteroatoms. The minimum atomic E-state index is -0.655. The number of nitrogens with zero attached hydrogens (tertiary/aromatic N) is 1. The standard InChI is InChI=1S/C19H26N4O3/c1-9-16(22-17(18(20)24)10(2)21-9)11-3-5-12(6-4-11)23-7-13-14(8-23)15(13)19(25)26/h3-6,9-10,13-17,21-22H,7-8H2,1-2H3,(H2,20,24)(H,25,26). The Balaban J connectivity index is 1.43. The Morgan fingerprint density at radius 3 is 2.23 bits per heavy atom. The normalized spacial score (nSPS) is 38.7. The molecular weight excluding hydrogens is 332 g/mol. The lowest BCUT2D eigenvalue weighted by molar-refractivity contribution is -0.139. The van der Waals surface area contributed by atoms with Gasteiger partial charge in [-0.2, -0.15) is 0 Å². The van der Waals surface area contributed by atoms with Crippen LogP contribution in [0.2, 0.25) is 0 Å². The van der Waals surface area contributed by atoms with Crippen LogP contribution in [0, 0.1) is 17.8 Å². The number of carbonyl (C=O) groups is 2. The number of carboxylic acid groups (broad SMARTS) is 1. The maximum Gasteiger partial charge on any atom is 0.307 e. The largest absolute Gasteiger partial charge is 0.481 e. The van der Waals surface area contributed by atoms with Crippen molar-refractivity contribution in [3.8, 4) is 0 Å². The van der Waals surface area contributed by atoms with Crippen LogP contribution in [0.15, 0.2) is 24.3 Å². The molecule has 0 bridgehead atoms. The molecule has 4 rings (SSSR count). The zero-order valence-electron chi connectivity index (χ0n) is 15.1.